The first-order chi connectivity index (χ1) is 8.65. The summed E-state index contributed by atoms with van der Waals surface area (Å²) in [6.45, 7) is 3.06. The van der Waals surface area contributed by atoms with E-state index in [1.165, 1.54) is 16.8 Å². The van der Waals surface area contributed by atoms with Gasteiger partial charge in [-0.05, 0) is 50.3 Å². The van der Waals surface area contributed by atoms with Gasteiger partial charge in [-0.1, -0.05) is 30.3 Å². The SMILES string of the molecule is Cc1ccc(CN(C)C)c(Nc2ccccc2)c1. The molecule has 0 aliphatic rings. The molecular weight excluding hydrogens is 220 g/mol. The number of nitrogens with one attached hydrogen (secondary N) is 1. The van der Waals surface area contributed by atoms with E-state index >= 15 is 0 Å². The maximum atomic E-state index is 3.49. The smallest absolute Gasteiger partial charge is 0.0432 e. The lowest BCUT2D eigenvalue weighted by Gasteiger charge is -2.16. The Morgan fingerprint density at radius 2 is 1.72 bits per heavy atom. The van der Waals surface area contributed by atoms with Gasteiger partial charge in [0.05, 0.1) is 0 Å². The second-order valence-corrected chi connectivity index (χ2v) is 4.89. The van der Waals surface area contributed by atoms with Crippen molar-refractivity contribution in [1.82, 2.24) is 4.90 Å². The number of benzene rings is 2. The van der Waals surface area contributed by atoms with Gasteiger partial charge in [0.25, 0.3) is 0 Å². The van der Waals surface area contributed by atoms with E-state index in [9.17, 15) is 0 Å². The van der Waals surface area contributed by atoms with Crippen molar-refractivity contribution in [2.75, 3.05) is 19.4 Å². The van der Waals surface area contributed by atoms with Gasteiger partial charge in [-0.2, -0.15) is 0 Å². The average Bonchev–Trinajstić information content (AvgIpc) is 2.33. The molecule has 0 aromatic heterocycles. The minimum absolute atomic E-state index is 0.940. The first kappa shape index (κ1) is 12.7. The van der Waals surface area contributed by atoms with Crippen molar-refractivity contribution in [2.24, 2.45) is 0 Å². The van der Waals surface area contributed by atoms with E-state index < -0.39 is 0 Å². The molecule has 2 nitrogen and oxygen atoms in total. The maximum absolute atomic E-state index is 3.49. The van der Waals surface area contributed by atoms with E-state index in [1.807, 2.05) is 18.2 Å². The van der Waals surface area contributed by atoms with Gasteiger partial charge in [-0.25, -0.2) is 0 Å². The molecule has 94 valence electrons. The van der Waals surface area contributed by atoms with Gasteiger partial charge in [-0.15, -0.1) is 0 Å². The molecule has 0 aliphatic heterocycles. The fraction of sp³-hybridized carbons (Fsp3) is 0.250. The van der Waals surface area contributed by atoms with E-state index in [4.69, 9.17) is 0 Å². The molecule has 18 heavy (non-hydrogen) atoms. The van der Waals surface area contributed by atoms with Gasteiger partial charge < -0.3 is 10.2 Å². The predicted molar refractivity (Wildman–Crippen MR) is 78.3 cm³/mol. The van der Waals surface area contributed by atoms with E-state index in [-0.39, 0.29) is 0 Å². The number of rotatable bonds is 4. The summed E-state index contributed by atoms with van der Waals surface area (Å²) in [5.41, 5.74) is 4.91. The third kappa shape index (κ3) is 3.34. The van der Waals surface area contributed by atoms with Crippen LogP contribution in [0.3, 0.4) is 0 Å². The zero-order valence-electron chi connectivity index (χ0n) is 11.3. The van der Waals surface area contributed by atoms with Gasteiger partial charge in [0.1, 0.15) is 0 Å². The van der Waals surface area contributed by atoms with Crippen LogP contribution in [-0.4, -0.2) is 19.0 Å². The Morgan fingerprint density at radius 1 is 1.00 bits per heavy atom. The zero-order valence-corrected chi connectivity index (χ0v) is 11.3. The summed E-state index contributed by atoms with van der Waals surface area (Å²) < 4.78 is 0. The summed E-state index contributed by atoms with van der Waals surface area (Å²) in [7, 11) is 4.18. The third-order valence-corrected chi connectivity index (χ3v) is 2.80. The highest BCUT2D eigenvalue weighted by Crippen LogP contribution is 2.23. The van der Waals surface area contributed by atoms with Gasteiger partial charge >= 0.3 is 0 Å². The molecule has 0 fully saturated rings. The van der Waals surface area contributed by atoms with Crippen molar-refractivity contribution in [2.45, 2.75) is 13.5 Å². The molecule has 0 unspecified atom stereocenters. The van der Waals surface area contributed by atoms with Crippen LogP contribution < -0.4 is 5.32 Å². The molecule has 0 spiro atoms. The van der Waals surface area contributed by atoms with Crippen LogP contribution in [0.5, 0.6) is 0 Å². The number of para-hydroxylation sites is 1. The second kappa shape index (κ2) is 5.69. The molecule has 0 saturated carbocycles. The summed E-state index contributed by atoms with van der Waals surface area (Å²) in [5, 5.41) is 3.49. The number of hydrogen-bond acceptors (Lipinski definition) is 2. The van der Waals surface area contributed by atoms with Crippen LogP contribution >= 0.6 is 0 Å². The van der Waals surface area contributed by atoms with Crippen molar-refractivity contribution in [3.63, 3.8) is 0 Å². The first-order valence-corrected chi connectivity index (χ1v) is 6.21. The molecule has 0 heterocycles. The molecule has 2 heteroatoms. The fourth-order valence-corrected chi connectivity index (χ4v) is 1.96. The third-order valence-electron chi connectivity index (χ3n) is 2.80. The number of nitrogens with zero attached hydrogens (tertiary/aromatic N) is 1. The summed E-state index contributed by atoms with van der Waals surface area (Å²) in [4.78, 5) is 2.18. The van der Waals surface area contributed by atoms with Crippen LogP contribution in [0.1, 0.15) is 11.1 Å². The topological polar surface area (TPSA) is 15.3 Å². The van der Waals surface area contributed by atoms with Gasteiger partial charge in [0.15, 0.2) is 0 Å². The highest BCUT2D eigenvalue weighted by atomic mass is 15.1. The fourth-order valence-electron chi connectivity index (χ4n) is 1.96. The lowest BCUT2D eigenvalue weighted by molar-refractivity contribution is 0.403. The molecule has 0 atom stereocenters. The standard InChI is InChI=1S/C16H20N2/c1-13-9-10-14(12-18(2)3)16(11-13)17-15-7-5-4-6-8-15/h4-11,17H,12H2,1-3H3. The number of anilines is 2. The lowest BCUT2D eigenvalue weighted by Crippen LogP contribution is -2.12. The first-order valence-electron chi connectivity index (χ1n) is 6.21. The van der Waals surface area contributed by atoms with E-state index in [1.54, 1.807) is 0 Å². The largest absolute Gasteiger partial charge is 0.355 e. The number of aryl methyl sites for hydroxylation is 1. The van der Waals surface area contributed by atoms with Crippen molar-refractivity contribution in [3.8, 4) is 0 Å². The quantitative estimate of drug-likeness (QED) is 0.874. The zero-order chi connectivity index (χ0) is 13.0. The van der Waals surface area contributed by atoms with E-state index in [0.29, 0.717) is 0 Å². The molecule has 0 saturated heterocycles. The highest BCUT2D eigenvalue weighted by Gasteiger charge is 2.04. The van der Waals surface area contributed by atoms with Gasteiger partial charge in [0.2, 0.25) is 0 Å². The molecule has 0 bridgehead atoms. The Bertz CT molecular complexity index is 504. The summed E-state index contributed by atoms with van der Waals surface area (Å²) in [6, 6.07) is 16.8. The van der Waals surface area contributed by atoms with Gasteiger partial charge in [-0.3, -0.25) is 0 Å². The van der Waals surface area contributed by atoms with Crippen LogP contribution in [0.15, 0.2) is 48.5 Å². The molecule has 2 aromatic carbocycles. The average molecular weight is 240 g/mol. The Labute approximate surface area is 109 Å². The molecule has 2 aromatic rings. The Kier molecular flexibility index (Phi) is 4.00. The summed E-state index contributed by atoms with van der Waals surface area (Å²) in [6.07, 6.45) is 0. The van der Waals surface area contributed by atoms with Crippen LogP contribution in [-0.2, 0) is 6.54 Å². The number of hydrogen-bond donors (Lipinski definition) is 1. The predicted octanol–water partition coefficient (Wildman–Crippen LogP) is 3.80. The minimum Gasteiger partial charge on any atom is -0.355 e. The van der Waals surface area contributed by atoms with Crippen molar-refractivity contribution < 1.29 is 0 Å². The van der Waals surface area contributed by atoms with E-state index in [2.05, 4.69) is 61.6 Å². The molecule has 1 N–H and O–H groups in total. The van der Waals surface area contributed by atoms with Gasteiger partial charge in [0, 0.05) is 17.9 Å². The van der Waals surface area contributed by atoms with Crippen LogP contribution in [0.4, 0.5) is 11.4 Å². The van der Waals surface area contributed by atoms with E-state index in [0.717, 1.165) is 12.2 Å². The van der Waals surface area contributed by atoms with Crippen molar-refractivity contribution in [3.05, 3.63) is 59.7 Å². The molecule has 0 aliphatic carbocycles. The van der Waals surface area contributed by atoms with Crippen molar-refractivity contribution in [1.29, 1.82) is 0 Å². The van der Waals surface area contributed by atoms with Crippen molar-refractivity contribution >= 4 is 11.4 Å². The normalized spacial score (nSPS) is 10.7. The maximum Gasteiger partial charge on any atom is 0.0432 e. The molecular formula is C16H20N2. The summed E-state index contributed by atoms with van der Waals surface area (Å²) in [5.74, 6) is 0. The Morgan fingerprint density at radius 3 is 2.39 bits per heavy atom. The molecule has 0 amide bonds. The molecule has 0 radical (unpaired) electrons. The molecule has 2 rings (SSSR count). The van der Waals surface area contributed by atoms with Crippen LogP contribution in [0.25, 0.3) is 0 Å². The van der Waals surface area contributed by atoms with Crippen LogP contribution in [0.2, 0.25) is 0 Å². The lowest BCUT2D eigenvalue weighted by atomic mass is 10.1. The Hall–Kier alpha value is -1.80. The van der Waals surface area contributed by atoms with Crippen LogP contribution in [0, 0.1) is 6.92 Å². The monoisotopic (exact) mass is 240 g/mol. The highest BCUT2D eigenvalue weighted by molar-refractivity contribution is 5.63. The second-order valence-electron chi connectivity index (χ2n) is 4.89. The Balaban J connectivity index is 2.27. The summed E-state index contributed by atoms with van der Waals surface area (Å²) >= 11 is 0. The minimum atomic E-state index is 0.940.